The van der Waals surface area contributed by atoms with Gasteiger partial charge in [0.2, 0.25) is 0 Å². The Morgan fingerprint density at radius 1 is 1.29 bits per heavy atom. The van der Waals surface area contributed by atoms with E-state index in [2.05, 4.69) is 10.3 Å². The van der Waals surface area contributed by atoms with Gasteiger partial charge in [-0.2, -0.15) is 0 Å². The maximum Gasteiger partial charge on any atom is 0.0975 e. The van der Waals surface area contributed by atoms with E-state index in [0.717, 1.165) is 16.6 Å². The number of aromatic nitrogens is 1. The SMILES string of the molecule is CNc1c(N)cc(N)c2cccnc12. The molecule has 1 heterocycles. The number of pyridine rings is 1. The number of nitrogens with zero attached hydrogens (tertiary/aromatic N) is 1. The summed E-state index contributed by atoms with van der Waals surface area (Å²) in [7, 11) is 1.82. The van der Waals surface area contributed by atoms with Crippen LogP contribution in [0.25, 0.3) is 10.9 Å². The van der Waals surface area contributed by atoms with E-state index in [9.17, 15) is 0 Å². The summed E-state index contributed by atoms with van der Waals surface area (Å²) in [5, 5.41) is 3.94. The van der Waals surface area contributed by atoms with Crippen molar-refractivity contribution in [2.75, 3.05) is 23.8 Å². The largest absolute Gasteiger partial charge is 0.398 e. The van der Waals surface area contributed by atoms with E-state index in [-0.39, 0.29) is 0 Å². The zero-order valence-corrected chi connectivity index (χ0v) is 7.91. The molecule has 4 heteroatoms. The monoisotopic (exact) mass is 188 g/mol. The van der Waals surface area contributed by atoms with Crippen LogP contribution in [-0.4, -0.2) is 12.0 Å². The van der Waals surface area contributed by atoms with Crippen molar-refractivity contribution in [3.8, 4) is 0 Å². The van der Waals surface area contributed by atoms with Gasteiger partial charge in [0.15, 0.2) is 0 Å². The molecule has 1 aromatic carbocycles. The summed E-state index contributed by atoms with van der Waals surface area (Å²) in [6, 6.07) is 5.53. The molecular formula is C10H12N4. The van der Waals surface area contributed by atoms with Gasteiger partial charge in [-0.1, -0.05) is 0 Å². The Balaban J connectivity index is 2.90. The Hall–Kier alpha value is -1.97. The molecule has 14 heavy (non-hydrogen) atoms. The lowest BCUT2D eigenvalue weighted by Crippen LogP contribution is -2.00. The fourth-order valence-electron chi connectivity index (χ4n) is 1.55. The molecule has 0 saturated heterocycles. The van der Waals surface area contributed by atoms with Crippen LogP contribution in [0.3, 0.4) is 0 Å². The molecule has 72 valence electrons. The maximum absolute atomic E-state index is 5.83. The van der Waals surface area contributed by atoms with Gasteiger partial charge in [-0.25, -0.2) is 0 Å². The second-order valence-electron chi connectivity index (χ2n) is 3.08. The summed E-state index contributed by atoms with van der Waals surface area (Å²) < 4.78 is 0. The topological polar surface area (TPSA) is 77.0 Å². The number of rotatable bonds is 1. The predicted molar refractivity (Wildman–Crippen MR) is 60.1 cm³/mol. The zero-order chi connectivity index (χ0) is 10.1. The number of nitrogens with one attached hydrogen (secondary N) is 1. The van der Waals surface area contributed by atoms with Crippen LogP contribution in [0.1, 0.15) is 0 Å². The van der Waals surface area contributed by atoms with Crippen LogP contribution in [0, 0.1) is 0 Å². The van der Waals surface area contributed by atoms with Crippen molar-refractivity contribution in [3.05, 3.63) is 24.4 Å². The van der Waals surface area contributed by atoms with E-state index in [1.54, 1.807) is 12.3 Å². The van der Waals surface area contributed by atoms with Crippen molar-refractivity contribution in [3.63, 3.8) is 0 Å². The van der Waals surface area contributed by atoms with Crippen molar-refractivity contribution in [1.29, 1.82) is 0 Å². The number of hydrogen-bond acceptors (Lipinski definition) is 4. The summed E-state index contributed by atoms with van der Waals surface area (Å²) in [5.74, 6) is 0. The molecule has 2 aromatic rings. The number of fused-ring (bicyclic) bond motifs is 1. The van der Waals surface area contributed by atoms with Crippen molar-refractivity contribution in [2.45, 2.75) is 0 Å². The average molecular weight is 188 g/mol. The van der Waals surface area contributed by atoms with Gasteiger partial charge >= 0.3 is 0 Å². The number of nitrogen functional groups attached to an aromatic ring is 2. The molecule has 4 nitrogen and oxygen atoms in total. The smallest absolute Gasteiger partial charge is 0.0975 e. The number of hydrogen-bond donors (Lipinski definition) is 3. The normalized spacial score (nSPS) is 10.4. The van der Waals surface area contributed by atoms with Gasteiger partial charge in [0.05, 0.1) is 16.9 Å². The molecule has 0 radical (unpaired) electrons. The van der Waals surface area contributed by atoms with E-state index < -0.39 is 0 Å². The first-order valence-electron chi connectivity index (χ1n) is 4.34. The lowest BCUT2D eigenvalue weighted by molar-refractivity contribution is 1.40. The lowest BCUT2D eigenvalue weighted by Gasteiger charge is -2.10. The van der Waals surface area contributed by atoms with Crippen LogP contribution in [-0.2, 0) is 0 Å². The Labute approximate surface area is 81.9 Å². The first-order valence-corrected chi connectivity index (χ1v) is 4.34. The van der Waals surface area contributed by atoms with Crippen LogP contribution in [0.15, 0.2) is 24.4 Å². The van der Waals surface area contributed by atoms with Crippen LogP contribution in [0.4, 0.5) is 17.1 Å². The molecule has 2 rings (SSSR count). The van der Waals surface area contributed by atoms with Crippen molar-refractivity contribution >= 4 is 28.0 Å². The molecule has 0 fully saturated rings. The molecule has 0 aliphatic rings. The van der Waals surface area contributed by atoms with Crippen molar-refractivity contribution in [2.24, 2.45) is 0 Å². The fraction of sp³-hybridized carbons (Fsp3) is 0.100. The molecule has 0 spiro atoms. The molecule has 0 saturated carbocycles. The number of anilines is 3. The van der Waals surface area contributed by atoms with Crippen LogP contribution in [0.2, 0.25) is 0 Å². The number of nitrogens with two attached hydrogens (primary N) is 2. The molecular weight excluding hydrogens is 176 g/mol. The lowest BCUT2D eigenvalue weighted by atomic mass is 10.1. The second-order valence-corrected chi connectivity index (χ2v) is 3.08. The molecule has 0 aliphatic heterocycles. The van der Waals surface area contributed by atoms with Gasteiger partial charge in [0.25, 0.3) is 0 Å². The van der Waals surface area contributed by atoms with E-state index in [0.29, 0.717) is 11.4 Å². The molecule has 0 bridgehead atoms. The van der Waals surface area contributed by atoms with Gasteiger partial charge < -0.3 is 16.8 Å². The Morgan fingerprint density at radius 2 is 2.07 bits per heavy atom. The molecule has 0 unspecified atom stereocenters. The van der Waals surface area contributed by atoms with E-state index in [4.69, 9.17) is 11.5 Å². The molecule has 0 aliphatic carbocycles. The first kappa shape index (κ1) is 8.62. The quantitative estimate of drug-likeness (QED) is 0.592. The molecule has 5 N–H and O–H groups in total. The molecule has 1 aromatic heterocycles. The summed E-state index contributed by atoms with van der Waals surface area (Å²) in [5.41, 5.74) is 14.6. The average Bonchev–Trinajstić information content (AvgIpc) is 2.18. The summed E-state index contributed by atoms with van der Waals surface area (Å²) >= 11 is 0. The second kappa shape index (κ2) is 3.06. The fourth-order valence-corrected chi connectivity index (χ4v) is 1.55. The van der Waals surface area contributed by atoms with Crippen LogP contribution in [0.5, 0.6) is 0 Å². The zero-order valence-electron chi connectivity index (χ0n) is 7.91. The highest BCUT2D eigenvalue weighted by Crippen LogP contribution is 2.31. The van der Waals surface area contributed by atoms with E-state index in [1.807, 2.05) is 19.2 Å². The standard InChI is InChI=1S/C10H12N4/c1-13-10-8(12)5-7(11)6-3-2-4-14-9(6)10/h2-5,13H,11-12H2,1H3. The highest BCUT2D eigenvalue weighted by atomic mass is 14.9. The minimum Gasteiger partial charge on any atom is -0.398 e. The summed E-state index contributed by atoms with van der Waals surface area (Å²) in [6.07, 6.45) is 1.72. The van der Waals surface area contributed by atoms with Crippen molar-refractivity contribution < 1.29 is 0 Å². The van der Waals surface area contributed by atoms with Gasteiger partial charge in [0.1, 0.15) is 0 Å². The highest BCUT2D eigenvalue weighted by molar-refractivity contribution is 6.03. The van der Waals surface area contributed by atoms with E-state index >= 15 is 0 Å². The van der Waals surface area contributed by atoms with E-state index in [1.165, 1.54) is 0 Å². The van der Waals surface area contributed by atoms with Gasteiger partial charge in [0, 0.05) is 24.3 Å². The van der Waals surface area contributed by atoms with Gasteiger partial charge in [-0.3, -0.25) is 4.98 Å². The third-order valence-electron chi connectivity index (χ3n) is 2.21. The molecule has 0 amide bonds. The predicted octanol–water partition coefficient (Wildman–Crippen LogP) is 1.44. The minimum atomic E-state index is 0.621. The molecule has 0 atom stereocenters. The third kappa shape index (κ3) is 1.12. The van der Waals surface area contributed by atoms with Gasteiger partial charge in [-0.05, 0) is 18.2 Å². The maximum atomic E-state index is 5.83. The number of benzene rings is 1. The Morgan fingerprint density at radius 3 is 2.79 bits per heavy atom. The van der Waals surface area contributed by atoms with Crippen LogP contribution < -0.4 is 16.8 Å². The minimum absolute atomic E-state index is 0.621. The van der Waals surface area contributed by atoms with Gasteiger partial charge in [-0.15, -0.1) is 0 Å². The Bertz CT molecular complexity index is 479. The summed E-state index contributed by atoms with van der Waals surface area (Å²) in [4.78, 5) is 4.25. The summed E-state index contributed by atoms with van der Waals surface area (Å²) in [6.45, 7) is 0. The highest BCUT2D eigenvalue weighted by Gasteiger charge is 2.07. The Kier molecular flexibility index (Phi) is 1.89. The van der Waals surface area contributed by atoms with Crippen molar-refractivity contribution in [1.82, 2.24) is 4.98 Å². The van der Waals surface area contributed by atoms with Crippen LogP contribution >= 0.6 is 0 Å². The third-order valence-corrected chi connectivity index (χ3v) is 2.21. The first-order chi connectivity index (χ1) is 6.74.